The molecule has 4 bridgehead atoms. The average molecular weight is 1530 g/mol. The number of ether oxygens (including phenoxy) is 1. The maximum absolute atomic E-state index is 13.5. The van der Waals surface area contributed by atoms with E-state index in [0.717, 1.165) is 19.3 Å². The molecule has 98 heavy (non-hydrogen) atoms. The first kappa shape index (κ1) is 80.9. The van der Waals surface area contributed by atoms with E-state index in [1.807, 2.05) is 0 Å². The molecule has 1 aliphatic heterocycles. The van der Waals surface area contributed by atoms with Crippen molar-refractivity contribution < 1.29 is 131 Å². The molecule has 0 amide bonds. The Labute approximate surface area is 558 Å². The van der Waals surface area contributed by atoms with Crippen LogP contribution in [0, 0.1) is 23.2 Å². The summed E-state index contributed by atoms with van der Waals surface area (Å²) in [5.74, 6) is -21.2. The van der Waals surface area contributed by atoms with E-state index in [0.29, 0.717) is 43.4 Å². The first-order chi connectivity index (χ1) is 45.1. The molecule has 0 aromatic heterocycles. The molecule has 37 heteroatoms. The van der Waals surface area contributed by atoms with Gasteiger partial charge in [0.15, 0.2) is 66.3 Å². The standard InChI is InChI=1S/2C18H15S.C13H18F2O5S.C8H11F6NO5S2.C4HF9O3S/c2*1-4-10-16(11-5-1)19(17-12-6-2-7-13-17)18-14-8-3-9-15-18;14-13(15,21(17,18)19)7-20-11(16)12-4-8-1-9(5-12)3-10(2-8)6-12;9-6(10,8(13,14)22(18,19)20)7(11,12)21(16,17)15-4-2-1-3-5-15;5-1(6,3(9,10)11)2(7,8)4(12,13)17(14,15)16/h2*1-15H;8-10H,1-7H2,(H,17,18,19);1-5H2,(H,18,19,20);(H,14,15,16)/q2*+1;;;/p-3. The molecule has 14 nitrogen and oxygen atoms in total. The Kier molecular flexibility index (Phi) is 25.6. The van der Waals surface area contributed by atoms with Crippen molar-refractivity contribution in [2.75, 3.05) is 19.7 Å². The Hall–Kier alpha value is -6.06. The van der Waals surface area contributed by atoms with Gasteiger partial charge in [0.2, 0.25) is 0 Å². The first-order valence-corrected chi connectivity index (χ1v) is 36.8. The second kappa shape index (κ2) is 31.0. The molecule has 4 aliphatic carbocycles. The molecule has 1 heterocycles. The van der Waals surface area contributed by atoms with E-state index in [9.17, 15) is 127 Å². The maximum atomic E-state index is 13.5. The highest BCUT2D eigenvalue weighted by molar-refractivity contribution is 7.97. The van der Waals surface area contributed by atoms with Gasteiger partial charge in [-0.1, -0.05) is 116 Å². The average Bonchev–Trinajstić information content (AvgIpc) is 0.729. The molecule has 6 aromatic carbocycles. The summed E-state index contributed by atoms with van der Waals surface area (Å²) in [6.45, 7) is -2.90. The van der Waals surface area contributed by atoms with Gasteiger partial charge in [-0.25, -0.2) is 33.7 Å². The number of sulfonamides is 1. The number of hydrogen-bond acceptors (Lipinski definition) is 13. The number of halogens is 17. The number of hydrogen-bond donors (Lipinski definition) is 0. The van der Waals surface area contributed by atoms with Gasteiger partial charge >= 0.3 is 50.9 Å². The minimum atomic E-state index is -7.43. The fourth-order valence-corrected chi connectivity index (χ4v) is 18.0. The molecule has 0 N–H and O–H groups in total. The molecular weight excluding hydrogens is 1470 g/mol. The van der Waals surface area contributed by atoms with Gasteiger partial charge in [-0.3, -0.25) is 4.79 Å². The van der Waals surface area contributed by atoms with Gasteiger partial charge < -0.3 is 18.4 Å². The van der Waals surface area contributed by atoms with Crippen molar-refractivity contribution in [3.8, 4) is 0 Å². The van der Waals surface area contributed by atoms with Gasteiger partial charge in [0.05, 0.1) is 27.2 Å². The monoisotopic (exact) mass is 1530 g/mol. The lowest BCUT2D eigenvalue weighted by Crippen LogP contribution is -2.63. The SMILES string of the molecule is O=C(OCC(F)(F)S(=O)(=O)[O-])C12CC3CC(CC(C3)C1)C2.O=S(=O)([O-])C(F)(F)C(F)(F)C(F)(F)C(F)(F)F.O=S(=O)([O-])C(F)(F)C(F)(F)C(F)(F)S(=O)(=O)N1CCCCC1.c1ccc([S+](c2ccccc2)c2ccccc2)cc1.c1ccc([S+](c2ccccc2)c2ccccc2)cc1. The van der Waals surface area contributed by atoms with E-state index >= 15 is 0 Å². The van der Waals surface area contributed by atoms with Gasteiger partial charge in [0.1, 0.15) is 0 Å². The van der Waals surface area contributed by atoms with E-state index in [1.54, 1.807) is 0 Å². The highest BCUT2D eigenvalue weighted by Gasteiger charge is 2.84. The second-order valence-corrected chi connectivity index (χ2v) is 32.9. The van der Waals surface area contributed by atoms with Crippen molar-refractivity contribution in [2.45, 2.75) is 132 Å². The van der Waals surface area contributed by atoms with Crippen molar-refractivity contribution in [1.29, 1.82) is 0 Å². The third-order valence-corrected chi connectivity index (χ3v) is 24.6. The van der Waals surface area contributed by atoms with Crippen LogP contribution in [0.15, 0.2) is 211 Å². The molecule has 0 radical (unpaired) electrons. The van der Waals surface area contributed by atoms with Crippen LogP contribution in [0.4, 0.5) is 74.6 Å². The molecule has 0 unspecified atom stereocenters. The van der Waals surface area contributed by atoms with Crippen LogP contribution in [0.5, 0.6) is 0 Å². The molecule has 6 aromatic rings. The number of benzene rings is 6. The summed E-state index contributed by atoms with van der Waals surface area (Å²) in [7, 11) is -26.8. The lowest BCUT2D eigenvalue weighted by Gasteiger charge is -2.55. The summed E-state index contributed by atoms with van der Waals surface area (Å²) >= 11 is 0. The summed E-state index contributed by atoms with van der Waals surface area (Å²) in [5.41, 5.74) is -0.739. The fourth-order valence-electron chi connectivity index (χ4n) is 11.2. The number of rotatable bonds is 18. The highest BCUT2D eigenvalue weighted by atomic mass is 32.2. The highest BCUT2D eigenvalue weighted by Crippen LogP contribution is 2.61. The number of nitrogens with zero attached hydrogens (tertiary/aromatic N) is 1. The van der Waals surface area contributed by atoms with Crippen molar-refractivity contribution in [1.82, 2.24) is 4.31 Å². The van der Waals surface area contributed by atoms with Crippen molar-refractivity contribution in [3.63, 3.8) is 0 Å². The van der Waals surface area contributed by atoms with Crippen LogP contribution in [-0.2, 0) is 71.7 Å². The lowest BCUT2D eigenvalue weighted by atomic mass is 9.49. The van der Waals surface area contributed by atoms with Crippen molar-refractivity contribution in [2.24, 2.45) is 23.2 Å². The smallest absolute Gasteiger partial charge is 0.460 e. The zero-order valence-electron chi connectivity index (χ0n) is 50.2. The van der Waals surface area contributed by atoms with Crippen LogP contribution in [0.25, 0.3) is 0 Å². The number of alkyl halides is 17. The minimum absolute atomic E-state index is 0.0146. The van der Waals surface area contributed by atoms with Gasteiger partial charge in [-0.2, -0.15) is 78.9 Å². The zero-order valence-corrected chi connectivity index (χ0v) is 55.1. The molecule has 0 atom stereocenters. The van der Waals surface area contributed by atoms with Gasteiger partial charge in [-0.05, 0) is 142 Å². The van der Waals surface area contributed by atoms with Crippen LogP contribution in [0.1, 0.15) is 57.8 Å². The predicted octanol–water partition coefficient (Wildman–Crippen LogP) is 14.6. The Morgan fingerprint density at radius 3 is 0.908 bits per heavy atom. The van der Waals surface area contributed by atoms with Crippen LogP contribution < -0.4 is 0 Å². The van der Waals surface area contributed by atoms with E-state index in [2.05, 4.69) is 187 Å². The Balaban J connectivity index is 0.000000194. The van der Waals surface area contributed by atoms with E-state index in [4.69, 9.17) is 0 Å². The third kappa shape index (κ3) is 17.8. The molecular formula is C61H57F17NO13S6-. The number of carbonyl (C=O) groups excluding carboxylic acids is 1. The van der Waals surface area contributed by atoms with Gasteiger partial charge in [0.25, 0.3) is 10.0 Å². The number of esters is 1. The summed E-state index contributed by atoms with van der Waals surface area (Å²) < 4.78 is 330. The van der Waals surface area contributed by atoms with E-state index in [-0.39, 0.29) is 38.9 Å². The topological polar surface area (TPSA) is 235 Å². The first-order valence-electron chi connectivity index (χ1n) is 28.7. The number of carbonyl (C=O) groups is 1. The predicted molar refractivity (Wildman–Crippen MR) is 319 cm³/mol. The lowest BCUT2D eigenvalue weighted by molar-refractivity contribution is -0.382. The molecule has 1 saturated heterocycles. The third-order valence-electron chi connectivity index (χ3n) is 15.5. The van der Waals surface area contributed by atoms with Crippen molar-refractivity contribution in [3.05, 3.63) is 182 Å². The Morgan fingerprint density at radius 1 is 0.398 bits per heavy atom. The fraction of sp³-hybridized carbons (Fsp3) is 0.393. The summed E-state index contributed by atoms with van der Waals surface area (Å²) in [4.78, 5) is 20.4. The molecule has 11 rings (SSSR count). The minimum Gasteiger partial charge on any atom is -0.743 e. The van der Waals surface area contributed by atoms with Crippen LogP contribution in [0.2, 0.25) is 0 Å². The van der Waals surface area contributed by atoms with Crippen LogP contribution in [-0.4, -0.2) is 122 Å². The zero-order chi connectivity index (χ0) is 73.4. The number of piperidine rings is 1. The molecule has 540 valence electrons. The van der Waals surface area contributed by atoms with E-state index in [1.165, 1.54) is 29.4 Å². The van der Waals surface area contributed by atoms with Crippen LogP contribution >= 0.6 is 0 Å². The van der Waals surface area contributed by atoms with Gasteiger partial charge in [-0.15, -0.1) is 0 Å². The molecule has 5 aliphatic rings. The largest absolute Gasteiger partial charge is 0.743 e. The Morgan fingerprint density at radius 2 is 0.663 bits per heavy atom. The van der Waals surface area contributed by atoms with Crippen molar-refractivity contribution >= 4 is 68.1 Å². The normalized spacial score (nSPS) is 19.7. The summed E-state index contributed by atoms with van der Waals surface area (Å²) in [6.07, 6.45) is -1.53. The molecule has 5 fully saturated rings. The second-order valence-electron chi connectivity index (χ2n) is 22.5. The Bertz CT molecular complexity index is 3720. The molecule has 4 saturated carbocycles. The maximum Gasteiger partial charge on any atom is 0.460 e. The van der Waals surface area contributed by atoms with Crippen LogP contribution in [0.3, 0.4) is 0 Å². The van der Waals surface area contributed by atoms with E-state index < -0.39 is 116 Å². The summed E-state index contributed by atoms with van der Waals surface area (Å²) in [5, 5.41) is -24.9. The quantitative estimate of drug-likeness (QED) is 0.0337. The van der Waals surface area contributed by atoms with Gasteiger partial charge in [0, 0.05) is 13.1 Å². The summed E-state index contributed by atoms with van der Waals surface area (Å²) in [6, 6.07) is 64.3. The molecule has 0 spiro atoms.